The number of benzene rings is 1. The Labute approximate surface area is 143 Å². The lowest BCUT2D eigenvalue weighted by Crippen LogP contribution is -2.35. The minimum Gasteiger partial charge on any atom is -0.305 e. The Balaban J connectivity index is 1.58. The quantitative estimate of drug-likeness (QED) is 0.790. The number of H-pyrrole nitrogens is 1. The van der Waals surface area contributed by atoms with Crippen LogP contribution in [0.4, 0.5) is 4.39 Å². The average Bonchev–Trinajstić information content (AvgIpc) is 2.63. The summed E-state index contributed by atoms with van der Waals surface area (Å²) in [5, 5.41) is 0. The molecule has 2 aromatic heterocycles. The molecule has 0 amide bonds. The van der Waals surface area contributed by atoms with Gasteiger partial charge in [0, 0.05) is 38.4 Å². The van der Waals surface area contributed by atoms with E-state index in [1.54, 1.807) is 24.7 Å². The van der Waals surface area contributed by atoms with Crippen molar-refractivity contribution >= 4 is 0 Å². The molecular formula is C18H16FN5O. The van der Waals surface area contributed by atoms with E-state index in [1.165, 1.54) is 12.1 Å². The van der Waals surface area contributed by atoms with Crippen molar-refractivity contribution in [3.8, 4) is 11.5 Å². The molecule has 0 saturated heterocycles. The monoisotopic (exact) mass is 337 g/mol. The van der Waals surface area contributed by atoms with Crippen LogP contribution in [0.1, 0.15) is 16.8 Å². The van der Waals surface area contributed by atoms with Crippen molar-refractivity contribution in [1.29, 1.82) is 0 Å². The van der Waals surface area contributed by atoms with Crippen molar-refractivity contribution in [2.75, 3.05) is 6.54 Å². The van der Waals surface area contributed by atoms with E-state index in [0.29, 0.717) is 36.6 Å². The number of hydrogen-bond acceptors (Lipinski definition) is 5. The van der Waals surface area contributed by atoms with Gasteiger partial charge in [0.1, 0.15) is 11.5 Å². The van der Waals surface area contributed by atoms with Crippen molar-refractivity contribution < 1.29 is 4.39 Å². The number of nitrogens with zero attached hydrogens (tertiary/aromatic N) is 4. The van der Waals surface area contributed by atoms with Gasteiger partial charge in [-0.3, -0.25) is 14.7 Å². The van der Waals surface area contributed by atoms with Crippen LogP contribution >= 0.6 is 0 Å². The molecule has 0 atom stereocenters. The standard InChI is InChI=1S/C18H16FN5O/c19-13-3-1-2-12(8-13)10-24-7-4-15-14(11-24)18(25)23-17(22-15)16-9-20-5-6-21-16/h1-3,5-6,8-9H,4,7,10-11H2,(H,22,23,25). The second kappa shape index (κ2) is 6.52. The maximum atomic E-state index is 13.3. The molecule has 0 spiro atoms. The Hall–Kier alpha value is -2.93. The largest absolute Gasteiger partial charge is 0.305 e. The molecule has 6 nitrogen and oxygen atoms in total. The summed E-state index contributed by atoms with van der Waals surface area (Å²) < 4.78 is 13.3. The maximum absolute atomic E-state index is 13.3. The third-order valence-electron chi connectivity index (χ3n) is 4.25. The Kier molecular flexibility index (Phi) is 4.07. The number of hydrogen-bond donors (Lipinski definition) is 1. The molecule has 1 aliphatic rings. The zero-order chi connectivity index (χ0) is 17.2. The fourth-order valence-electron chi connectivity index (χ4n) is 3.05. The number of fused-ring (bicyclic) bond motifs is 1. The van der Waals surface area contributed by atoms with E-state index in [1.807, 2.05) is 6.07 Å². The van der Waals surface area contributed by atoms with Gasteiger partial charge in [-0.15, -0.1) is 0 Å². The average molecular weight is 337 g/mol. The Morgan fingerprint density at radius 1 is 1.28 bits per heavy atom. The summed E-state index contributed by atoms with van der Waals surface area (Å²) in [4.78, 5) is 30.1. The molecule has 126 valence electrons. The fraction of sp³-hybridized carbons (Fsp3) is 0.222. The summed E-state index contributed by atoms with van der Waals surface area (Å²) in [6, 6.07) is 6.54. The minimum atomic E-state index is -0.247. The molecule has 0 aliphatic carbocycles. The first-order valence-electron chi connectivity index (χ1n) is 8.04. The second-order valence-corrected chi connectivity index (χ2v) is 6.02. The molecule has 0 fully saturated rings. The lowest BCUT2D eigenvalue weighted by Gasteiger charge is -2.27. The Morgan fingerprint density at radius 3 is 3.00 bits per heavy atom. The molecule has 4 rings (SSSR count). The summed E-state index contributed by atoms with van der Waals surface area (Å²) in [6.45, 7) is 1.86. The zero-order valence-corrected chi connectivity index (χ0v) is 13.4. The number of rotatable bonds is 3. The van der Waals surface area contributed by atoms with Crippen LogP contribution in [0.3, 0.4) is 0 Å². The number of aromatic nitrogens is 4. The molecule has 0 radical (unpaired) electrons. The van der Waals surface area contributed by atoms with Gasteiger partial charge >= 0.3 is 0 Å². The van der Waals surface area contributed by atoms with Gasteiger partial charge < -0.3 is 4.98 Å². The molecular weight excluding hydrogens is 321 g/mol. The van der Waals surface area contributed by atoms with Crippen molar-refractivity contribution in [3.05, 3.63) is 75.8 Å². The van der Waals surface area contributed by atoms with Crippen LogP contribution in [0.25, 0.3) is 11.5 Å². The highest BCUT2D eigenvalue weighted by molar-refractivity contribution is 5.47. The van der Waals surface area contributed by atoms with Crippen LogP contribution in [0.5, 0.6) is 0 Å². The lowest BCUT2D eigenvalue weighted by atomic mass is 10.1. The van der Waals surface area contributed by atoms with Crippen LogP contribution in [-0.4, -0.2) is 31.4 Å². The van der Waals surface area contributed by atoms with E-state index < -0.39 is 0 Å². The zero-order valence-electron chi connectivity index (χ0n) is 13.4. The van der Waals surface area contributed by atoms with Gasteiger partial charge in [0.25, 0.3) is 5.56 Å². The van der Waals surface area contributed by atoms with Gasteiger partial charge in [-0.2, -0.15) is 0 Å². The molecule has 1 N–H and O–H groups in total. The first-order chi connectivity index (χ1) is 12.2. The van der Waals surface area contributed by atoms with Crippen molar-refractivity contribution in [1.82, 2.24) is 24.8 Å². The first kappa shape index (κ1) is 15.6. The number of nitrogens with one attached hydrogen (secondary N) is 1. The van der Waals surface area contributed by atoms with Crippen LogP contribution < -0.4 is 5.56 Å². The predicted molar refractivity (Wildman–Crippen MR) is 90.1 cm³/mol. The van der Waals surface area contributed by atoms with E-state index in [4.69, 9.17) is 0 Å². The molecule has 0 bridgehead atoms. The second-order valence-electron chi connectivity index (χ2n) is 6.02. The van der Waals surface area contributed by atoms with Crippen LogP contribution in [0.2, 0.25) is 0 Å². The maximum Gasteiger partial charge on any atom is 0.255 e. The molecule has 1 aromatic carbocycles. The van der Waals surface area contributed by atoms with E-state index in [-0.39, 0.29) is 11.4 Å². The van der Waals surface area contributed by atoms with Gasteiger partial charge in [-0.1, -0.05) is 12.1 Å². The summed E-state index contributed by atoms with van der Waals surface area (Å²) in [7, 11) is 0. The highest BCUT2D eigenvalue weighted by Crippen LogP contribution is 2.19. The Morgan fingerprint density at radius 2 is 2.20 bits per heavy atom. The number of aromatic amines is 1. The molecule has 7 heteroatoms. The summed E-state index contributed by atoms with van der Waals surface area (Å²) in [5.74, 6) is 0.193. The summed E-state index contributed by atoms with van der Waals surface area (Å²) in [6.07, 6.45) is 5.38. The van der Waals surface area contributed by atoms with Gasteiger partial charge in [-0.05, 0) is 17.7 Å². The fourth-order valence-corrected chi connectivity index (χ4v) is 3.05. The van der Waals surface area contributed by atoms with Crippen molar-refractivity contribution in [2.24, 2.45) is 0 Å². The van der Waals surface area contributed by atoms with Gasteiger partial charge in [-0.25, -0.2) is 14.4 Å². The number of halogens is 1. The van der Waals surface area contributed by atoms with Gasteiger partial charge in [0.2, 0.25) is 0 Å². The molecule has 0 saturated carbocycles. The van der Waals surface area contributed by atoms with E-state index in [2.05, 4.69) is 24.8 Å². The van der Waals surface area contributed by atoms with E-state index in [9.17, 15) is 9.18 Å². The third kappa shape index (κ3) is 3.32. The van der Waals surface area contributed by atoms with Crippen molar-refractivity contribution in [2.45, 2.75) is 19.5 Å². The summed E-state index contributed by atoms with van der Waals surface area (Å²) >= 11 is 0. The Bertz CT molecular complexity index is 957. The first-order valence-corrected chi connectivity index (χ1v) is 8.04. The van der Waals surface area contributed by atoms with Crippen LogP contribution in [0, 0.1) is 5.82 Å². The minimum absolute atomic E-state index is 0.158. The molecule has 3 aromatic rings. The lowest BCUT2D eigenvalue weighted by molar-refractivity contribution is 0.241. The van der Waals surface area contributed by atoms with Crippen LogP contribution in [0.15, 0.2) is 47.7 Å². The molecule has 25 heavy (non-hydrogen) atoms. The van der Waals surface area contributed by atoms with Gasteiger partial charge in [0.05, 0.1) is 17.5 Å². The highest BCUT2D eigenvalue weighted by Gasteiger charge is 2.22. The third-order valence-corrected chi connectivity index (χ3v) is 4.25. The summed E-state index contributed by atoms with van der Waals surface area (Å²) in [5.41, 5.74) is 2.73. The van der Waals surface area contributed by atoms with Crippen molar-refractivity contribution in [3.63, 3.8) is 0 Å². The van der Waals surface area contributed by atoms with Crippen LogP contribution in [-0.2, 0) is 19.5 Å². The van der Waals surface area contributed by atoms with E-state index in [0.717, 1.165) is 17.8 Å². The molecule has 1 aliphatic heterocycles. The molecule has 0 unspecified atom stereocenters. The van der Waals surface area contributed by atoms with Gasteiger partial charge in [0.15, 0.2) is 5.82 Å². The SMILES string of the molecule is O=c1[nH]c(-c2cnccn2)nc2c1CN(Cc1cccc(F)c1)CC2. The smallest absolute Gasteiger partial charge is 0.255 e. The highest BCUT2D eigenvalue weighted by atomic mass is 19.1. The normalized spacial score (nSPS) is 14.3. The topological polar surface area (TPSA) is 74.8 Å². The molecule has 3 heterocycles. The predicted octanol–water partition coefficient (Wildman–Crippen LogP) is 1.92. The van der Waals surface area contributed by atoms with E-state index >= 15 is 0 Å².